The van der Waals surface area contributed by atoms with E-state index in [1.54, 1.807) is 36.4 Å². The van der Waals surface area contributed by atoms with Crippen molar-refractivity contribution in [1.82, 2.24) is 0 Å². The lowest BCUT2D eigenvalue weighted by molar-refractivity contribution is -0.0499. The van der Waals surface area contributed by atoms with E-state index in [1.165, 1.54) is 24.3 Å². The van der Waals surface area contributed by atoms with E-state index in [9.17, 15) is 23.5 Å². The van der Waals surface area contributed by atoms with E-state index < -0.39 is 12.6 Å². The molecule has 4 aromatic rings. The maximum atomic E-state index is 13.3. The molecule has 2 atom stereocenters. The number of aromatic carboxylic acids is 1. The number of aryl methyl sites for hydroxylation is 1. The summed E-state index contributed by atoms with van der Waals surface area (Å²) < 4.78 is 41.7. The minimum Gasteiger partial charge on any atom is -0.478 e. The fourth-order valence-corrected chi connectivity index (χ4v) is 4.92. The Labute approximate surface area is 228 Å². The van der Waals surface area contributed by atoms with Crippen LogP contribution in [-0.4, -0.2) is 37.4 Å². The van der Waals surface area contributed by atoms with Gasteiger partial charge in [0.25, 0.3) is 0 Å². The zero-order chi connectivity index (χ0) is 28.4. The third kappa shape index (κ3) is 5.76. The van der Waals surface area contributed by atoms with Gasteiger partial charge in [-0.2, -0.15) is 8.78 Å². The first kappa shape index (κ1) is 27.1. The molecule has 1 fully saturated rings. The number of halogens is 2. The van der Waals surface area contributed by atoms with Crippen molar-refractivity contribution in [2.75, 3.05) is 29.9 Å². The molecular formula is C30H28F2N2O6. The molecule has 1 aromatic heterocycles. The highest BCUT2D eigenvalue weighted by molar-refractivity contribution is 5.94. The van der Waals surface area contributed by atoms with Crippen LogP contribution in [0.2, 0.25) is 0 Å². The summed E-state index contributed by atoms with van der Waals surface area (Å²) in [6, 6.07) is 17.7. The van der Waals surface area contributed by atoms with Crippen molar-refractivity contribution in [3.05, 3.63) is 99.2 Å². The topological polar surface area (TPSA) is 101 Å². The van der Waals surface area contributed by atoms with Crippen molar-refractivity contribution in [3.8, 4) is 5.75 Å². The van der Waals surface area contributed by atoms with Crippen molar-refractivity contribution in [1.29, 1.82) is 0 Å². The summed E-state index contributed by atoms with van der Waals surface area (Å²) >= 11 is 0. The molecule has 1 saturated heterocycles. The number of para-hydroxylation sites is 1. The molecule has 0 bridgehead atoms. The van der Waals surface area contributed by atoms with Crippen LogP contribution in [0.1, 0.15) is 46.1 Å². The summed E-state index contributed by atoms with van der Waals surface area (Å²) in [5, 5.41) is 13.3. The second-order valence-corrected chi connectivity index (χ2v) is 9.65. The van der Waals surface area contributed by atoms with Crippen molar-refractivity contribution in [3.63, 3.8) is 0 Å². The quantitative estimate of drug-likeness (QED) is 0.269. The summed E-state index contributed by atoms with van der Waals surface area (Å²) in [6.07, 6.45) is -0.374. The van der Waals surface area contributed by atoms with Gasteiger partial charge in [-0.3, -0.25) is 4.79 Å². The Hall–Kier alpha value is -4.44. The lowest BCUT2D eigenvalue weighted by Gasteiger charge is -2.33. The lowest BCUT2D eigenvalue weighted by Crippen LogP contribution is -2.38. The standard InChI is InChI=1S/C30H28F2N2O6/c1-17-13-22(18(2)33-24-6-4-3-5-21(24)29(36)37)28-23(14-17)25(35)15-27(40-28)34-11-12-38-26(16-34)19-7-9-20(10-8-19)39-30(31)32/h3-10,13-15,18,26,30,33H,11-12,16H2,1-2H3,(H,36,37)/t18?,26-/m0/s1. The molecule has 208 valence electrons. The number of benzene rings is 3. The smallest absolute Gasteiger partial charge is 0.387 e. The molecule has 8 nitrogen and oxygen atoms in total. The molecule has 0 amide bonds. The minimum atomic E-state index is -2.90. The summed E-state index contributed by atoms with van der Waals surface area (Å²) in [5.74, 6) is -0.605. The third-order valence-electron chi connectivity index (χ3n) is 6.84. The fourth-order valence-electron chi connectivity index (χ4n) is 4.92. The molecule has 10 heteroatoms. The summed E-state index contributed by atoms with van der Waals surface area (Å²) in [6.45, 7) is 2.10. The number of rotatable bonds is 8. The van der Waals surface area contributed by atoms with Gasteiger partial charge in [-0.05, 0) is 55.3 Å². The number of morpholine rings is 1. The zero-order valence-corrected chi connectivity index (χ0v) is 21.9. The van der Waals surface area contributed by atoms with Crippen LogP contribution in [0, 0.1) is 6.92 Å². The van der Waals surface area contributed by atoms with Crippen molar-refractivity contribution >= 4 is 28.5 Å². The second kappa shape index (κ2) is 11.4. The van der Waals surface area contributed by atoms with Crippen LogP contribution in [0.15, 0.2) is 75.9 Å². The number of fused-ring (bicyclic) bond motifs is 1. The largest absolute Gasteiger partial charge is 0.478 e. The van der Waals surface area contributed by atoms with Crippen LogP contribution in [-0.2, 0) is 4.74 Å². The Kier molecular flexibility index (Phi) is 7.70. The summed E-state index contributed by atoms with van der Waals surface area (Å²) in [4.78, 5) is 26.9. The number of carbonyl (C=O) groups is 1. The molecular weight excluding hydrogens is 522 g/mol. The predicted molar refractivity (Wildman–Crippen MR) is 147 cm³/mol. The number of nitrogens with zero attached hydrogens (tertiary/aromatic N) is 1. The van der Waals surface area contributed by atoms with Gasteiger partial charge in [0.05, 0.1) is 30.1 Å². The number of ether oxygens (including phenoxy) is 2. The van der Waals surface area contributed by atoms with E-state index in [0.29, 0.717) is 47.8 Å². The van der Waals surface area contributed by atoms with Gasteiger partial charge in [-0.25, -0.2) is 4.79 Å². The Morgan fingerprint density at radius 3 is 2.60 bits per heavy atom. The van der Waals surface area contributed by atoms with Gasteiger partial charge >= 0.3 is 12.6 Å². The average molecular weight is 551 g/mol. The lowest BCUT2D eigenvalue weighted by atomic mass is 10.0. The van der Waals surface area contributed by atoms with Crippen LogP contribution in [0.25, 0.3) is 11.0 Å². The van der Waals surface area contributed by atoms with Crippen LogP contribution >= 0.6 is 0 Å². The molecule has 3 aromatic carbocycles. The molecule has 1 unspecified atom stereocenters. The first-order valence-corrected chi connectivity index (χ1v) is 12.8. The van der Waals surface area contributed by atoms with Crippen LogP contribution in [0.5, 0.6) is 5.75 Å². The van der Waals surface area contributed by atoms with E-state index in [-0.39, 0.29) is 28.9 Å². The van der Waals surface area contributed by atoms with Crippen molar-refractivity contribution in [2.45, 2.75) is 32.6 Å². The van der Waals surface area contributed by atoms with Gasteiger partial charge in [0.1, 0.15) is 17.4 Å². The number of anilines is 2. The Bertz CT molecular complexity index is 1590. The highest BCUT2D eigenvalue weighted by atomic mass is 19.3. The molecule has 0 aliphatic carbocycles. The van der Waals surface area contributed by atoms with Crippen LogP contribution < -0.4 is 20.4 Å². The monoisotopic (exact) mass is 550 g/mol. The van der Waals surface area contributed by atoms with Gasteiger partial charge in [-0.1, -0.05) is 30.3 Å². The number of carboxylic acid groups (broad SMARTS) is 1. The molecule has 1 aliphatic rings. The minimum absolute atomic E-state index is 0.0588. The average Bonchev–Trinajstić information content (AvgIpc) is 2.93. The highest BCUT2D eigenvalue weighted by Crippen LogP contribution is 2.33. The SMILES string of the molecule is Cc1cc(C(C)Nc2ccccc2C(=O)O)c2oc(N3CCO[C@H](c4ccc(OC(F)F)cc4)C3)cc(=O)c2c1. The van der Waals surface area contributed by atoms with E-state index in [2.05, 4.69) is 10.1 Å². The molecule has 2 N–H and O–H groups in total. The summed E-state index contributed by atoms with van der Waals surface area (Å²) in [5.41, 5.74) is 3.18. The van der Waals surface area contributed by atoms with Gasteiger partial charge in [0.2, 0.25) is 0 Å². The van der Waals surface area contributed by atoms with Gasteiger partial charge in [0.15, 0.2) is 11.3 Å². The Morgan fingerprint density at radius 1 is 1.12 bits per heavy atom. The number of carboxylic acids is 1. The maximum Gasteiger partial charge on any atom is 0.387 e. The van der Waals surface area contributed by atoms with E-state index in [1.807, 2.05) is 24.8 Å². The molecule has 0 saturated carbocycles. The Balaban J connectivity index is 1.45. The van der Waals surface area contributed by atoms with Crippen molar-refractivity contribution in [2.24, 2.45) is 0 Å². The van der Waals surface area contributed by atoms with Gasteiger partial charge in [0, 0.05) is 23.9 Å². The molecule has 2 heterocycles. The molecule has 0 radical (unpaired) electrons. The Morgan fingerprint density at radius 2 is 1.88 bits per heavy atom. The highest BCUT2D eigenvalue weighted by Gasteiger charge is 2.26. The molecule has 40 heavy (non-hydrogen) atoms. The normalized spacial score (nSPS) is 16.2. The van der Waals surface area contributed by atoms with Crippen LogP contribution in [0.4, 0.5) is 20.4 Å². The van der Waals surface area contributed by atoms with E-state index >= 15 is 0 Å². The van der Waals surface area contributed by atoms with E-state index in [4.69, 9.17) is 9.15 Å². The number of alkyl halides is 2. The van der Waals surface area contributed by atoms with Gasteiger partial charge < -0.3 is 29.2 Å². The first-order valence-electron chi connectivity index (χ1n) is 12.8. The van der Waals surface area contributed by atoms with E-state index in [0.717, 1.165) is 11.1 Å². The maximum absolute atomic E-state index is 13.3. The summed E-state index contributed by atoms with van der Waals surface area (Å²) in [7, 11) is 0. The molecule has 1 aliphatic heterocycles. The molecule has 5 rings (SSSR count). The second-order valence-electron chi connectivity index (χ2n) is 9.65. The first-order chi connectivity index (χ1) is 19.2. The van der Waals surface area contributed by atoms with Gasteiger partial charge in [-0.15, -0.1) is 0 Å². The zero-order valence-electron chi connectivity index (χ0n) is 21.9. The third-order valence-corrected chi connectivity index (χ3v) is 6.84. The molecule has 0 spiro atoms. The van der Waals surface area contributed by atoms with Crippen LogP contribution in [0.3, 0.4) is 0 Å². The van der Waals surface area contributed by atoms with Crippen molar-refractivity contribution < 1.29 is 32.6 Å². The number of nitrogens with one attached hydrogen (secondary N) is 1. The predicted octanol–water partition coefficient (Wildman–Crippen LogP) is 6.15. The fraction of sp³-hybridized carbons (Fsp3) is 0.267. The number of hydrogen-bond acceptors (Lipinski definition) is 7. The number of hydrogen-bond donors (Lipinski definition) is 2.